The van der Waals surface area contributed by atoms with Gasteiger partial charge in [0.15, 0.2) is 6.23 Å². The molecule has 4 N–H and O–H groups in total. The van der Waals surface area contributed by atoms with Crippen molar-refractivity contribution >= 4 is 13.6 Å². The van der Waals surface area contributed by atoms with Crippen molar-refractivity contribution in [2.75, 3.05) is 12.3 Å². The number of anilines is 1. The number of phosphoric ester groups is 1. The summed E-state index contributed by atoms with van der Waals surface area (Å²) in [6, 6.07) is 1.38. The number of ether oxygens (including phenoxy) is 1. The topological polar surface area (TPSA) is 146 Å². The second-order valence-corrected chi connectivity index (χ2v) is 5.76. The van der Waals surface area contributed by atoms with Gasteiger partial charge in [-0.2, -0.15) is 4.98 Å². The minimum atomic E-state index is -4.21. The van der Waals surface area contributed by atoms with Gasteiger partial charge in [-0.25, -0.2) is 9.36 Å². The molecule has 0 aliphatic carbocycles. The average Bonchev–Trinajstić information content (AvgIpc) is 2.83. The van der Waals surface area contributed by atoms with E-state index in [2.05, 4.69) is 4.98 Å². The predicted molar refractivity (Wildman–Crippen MR) is 63.5 cm³/mol. The van der Waals surface area contributed by atoms with Gasteiger partial charge < -0.3 is 20.5 Å². The first kappa shape index (κ1) is 17.1. The van der Waals surface area contributed by atoms with E-state index in [4.69, 9.17) is 19.5 Å². The van der Waals surface area contributed by atoms with Gasteiger partial charge in [0.25, 0.3) is 0 Å². The Bertz CT molecular complexity index is 640. The first-order valence-electron chi connectivity index (χ1n) is 5.72. The van der Waals surface area contributed by atoms with Crippen molar-refractivity contribution in [2.24, 2.45) is 0 Å². The van der Waals surface area contributed by atoms with E-state index in [0.29, 0.717) is 0 Å². The summed E-state index contributed by atoms with van der Waals surface area (Å²) in [6.07, 6.45) is -2.51. The summed E-state index contributed by atoms with van der Waals surface area (Å²) in [7, 11) is -4.21. The van der Waals surface area contributed by atoms with Gasteiger partial charge in [0, 0.05) is 6.20 Å². The molecule has 10 nitrogen and oxygen atoms in total. The van der Waals surface area contributed by atoms with Gasteiger partial charge in [0.1, 0.15) is 24.1 Å². The predicted octanol–water partition coefficient (Wildman–Crippen LogP) is -4.40. The molecule has 5 unspecified atom stereocenters. The van der Waals surface area contributed by atoms with E-state index in [1.54, 1.807) is 0 Å². The van der Waals surface area contributed by atoms with Gasteiger partial charge in [-0.1, -0.05) is 0 Å². The summed E-state index contributed by atoms with van der Waals surface area (Å²) >= 11 is 0. The maximum Gasteiger partial charge on any atom is 1.00 e. The molecule has 1 aromatic rings. The smallest absolute Gasteiger partial charge is 0.394 e. The van der Waals surface area contributed by atoms with Crippen LogP contribution < -0.4 is 41.0 Å². The van der Waals surface area contributed by atoms with Crippen LogP contribution in [0.3, 0.4) is 0 Å². The molecule has 3 rings (SSSR count). The number of phosphoric acid groups is 1. The van der Waals surface area contributed by atoms with Crippen molar-refractivity contribution in [1.82, 2.24) is 9.55 Å². The van der Waals surface area contributed by atoms with E-state index < -0.39 is 44.7 Å². The molecular formula is C9H12N3NaO7P+. The molecule has 0 saturated carbocycles. The molecule has 5 atom stereocenters. The fraction of sp³-hybridized carbons (Fsp3) is 0.556. The molecule has 1 aromatic heterocycles. The normalized spacial score (nSPS) is 38.0. The zero-order valence-electron chi connectivity index (χ0n) is 11.0. The minimum absolute atomic E-state index is 0. The van der Waals surface area contributed by atoms with Gasteiger partial charge >= 0.3 is 43.1 Å². The first-order valence-corrected chi connectivity index (χ1v) is 7.21. The molecule has 21 heavy (non-hydrogen) atoms. The van der Waals surface area contributed by atoms with Crippen molar-refractivity contribution in [3.63, 3.8) is 0 Å². The van der Waals surface area contributed by atoms with Crippen LogP contribution in [0.15, 0.2) is 17.1 Å². The Morgan fingerprint density at radius 3 is 2.71 bits per heavy atom. The van der Waals surface area contributed by atoms with Crippen LogP contribution in [0.5, 0.6) is 0 Å². The summed E-state index contributed by atoms with van der Waals surface area (Å²) in [5.41, 5.74) is 4.69. The Morgan fingerprint density at radius 1 is 1.43 bits per heavy atom. The van der Waals surface area contributed by atoms with Gasteiger partial charge in [-0.15, -0.1) is 0 Å². The quantitative estimate of drug-likeness (QED) is 0.362. The largest absolute Gasteiger partial charge is 1.00 e. The molecule has 0 amide bonds. The van der Waals surface area contributed by atoms with E-state index in [1.165, 1.54) is 12.3 Å². The second-order valence-electron chi connectivity index (χ2n) is 4.40. The van der Waals surface area contributed by atoms with Gasteiger partial charge in [-0.3, -0.25) is 13.6 Å². The van der Waals surface area contributed by atoms with Gasteiger partial charge in [0.2, 0.25) is 0 Å². The number of aromatic nitrogens is 2. The number of nitrogens with two attached hydrogens (primary N) is 1. The SMILES string of the molecule is Nc1ccn(C2OC(CO)C3OP(=O)(O)OC32)c(=O)n1.[Na+]. The third-order valence-corrected chi connectivity index (χ3v) is 4.12. The molecule has 0 aromatic carbocycles. The Morgan fingerprint density at radius 2 is 2.10 bits per heavy atom. The molecule has 2 fully saturated rings. The van der Waals surface area contributed by atoms with Crippen LogP contribution >= 0.6 is 7.82 Å². The molecule has 110 valence electrons. The summed E-state index contributed by atoms with van der Waals surface area (Å²) in [4.78, 5) is 24.7. The van der Waals surface area contributed by atoms with E-state index in [1.807, 2.05) is 0 Å². The number of nitrogen functional groups attached to an aromatic ring is 1. The van der Waals surface area contributed by atoms with Crippen LogP contribution in [0.1, 0.15) is 6.23 Å². The molecular weight excluding hydrogens is 316 g/mol. The third-order valence-electron chi connectivity index (χ3n) is 3.10. The molecule has 2 saturated heterocycles. The Balaban J connectivity index is 0.00000161. The van der Waals surface area contributed by atoms with Crippen molar-refractivity contribution in [3.8, 4) is 0 Å². The van der Waals surface area contributed by atoms with Crippen molar-refractivity contribution in [3.05, 3.63) is 22.7 Å². The average molecular weight is 328 g/mol. The molecule has 12 heteroatoms. The molecule has 2 aliphatic rings. The number of hydrogen-bond acceptors (Lipinski definition) is 8. The molecule has 2 aliphatic heterocycles. The first-order chi connectivity index (χ1) is 9.41. The zero-order chi connectivity index (χ0) is 14.5. The summed E-state index contributed by atoms with van der Waals surface area (Å²) < 4.78 is 27.7. The number of fused-ring (bicyclic) bond motifs is 1. The van der Waals surface area contributed by atoms with E-state index in [0.717, 1.165) is 4.57 Å². The zero-order valence-corrected chi connectivity index (χ0v) is 13.9. The van der Waals surface area contributed by atoms with Crippen LogP contribution in [-0.2, 0) is 18.3 Å². The van der Waals surface area contributed by atoms with Crippen LogP contribution in [0.25, 0.3) is 0 Å². The second kappa shape index (κ2) is 6.07. The summed E-state index contributed by atoms with van der Waals surface area (Å²) in [6.45, 7) is -0.446. The van der Waals surface area contributed by atoms with Crippen LogP contribution in [0.4, 0.5) is 5.82 Å². The number of aliphatic hydroxyl groups is 1. The number of aliphatic hydroxyl groups excluding tert-OH is 1. The van der Waals surface area contributed by atoms with Crippen LogP contribution in [0.2, 0.25) is 0 Å². The Hall–Kier alpha value is -0.290. The van der Waals surface area contributed by atoms with Gasteiger partial charge in [-0.05, 0) is 6.07 Å². The molecule has 0 bridgehead atoms. The fourth-order valence-electron chi connectivity index (χ4n) is 2.27. The molecule has 0 radical (unpaired) electrons. The Labute approximate surface area is 140 Å². The number of nitrogens with zero attached hydrogens (tertiary/aromatic N) is 2. The Kier molecular flexibility index (Phi) is 4.94. The van der Waals surface area contributed by atoms with Crippen LogP contribution in [0, 0.1) is 0 Å². The minimum Gasteiger partial charge on any atom is -0.394 e. The fourth-order valence-corrected chi connectivity index (χ4v) is 3.42. The van der Waals surface area contributed by atoms with E-state index >= 15 is 0 Å². The van der Waals surface area contributed by atoms with Crippen molar-refractivity contribution in [1.29, 1.82) is 0 Å². The van der Waals surface area contributed by atoms with E-state index in [-0.39, 0.29) is 35.4 Å². The van der Waals surface area contributed by atoms with Crippen molar-refractivity contribution in [2.45, 2.75) is 24.5 Å². The summed E-state index contributed by atoms with van der Waals surface area (Å²) in [5.74, 6) is 0.0379. The van der Waals surface area contributed by atoms with E-state index in [9.17, 15) is 19.4 Å². The number of rotatable bonds is 2. The molecule has 0 spiro atoms. The van der Waals surface area contributed by atoms with Crippen molar-refractivity contribution < 1.29 is 57.9 Å². The third kappa shape index (κ3) is 3.09. The monoisotopic (exact) mass is 328 g/mol. The van der Waals surface area contributed by atoms with Crippen LogP contribution in [-0.4, -0.2) is 44.5 Å². The van der Waals surface area contributed by atoms with Gasteiger partial charge in [0.05, 0.1) is 6.61 Å². The maximum absolute atomic E-state index is 11.8. The number of hydrogen-bond donors (Lipinski definition) is 3. The molecule has 3 heterocycles. The standard InChI is InChI=1S/C9H12N3O7P.Na/c10-5-1-2-12(9(14)11-5)8-7-6(4(3-13)17-8)18-20(15,16)19-7;/h1-2,4,6-8,13H,3H2,(H,15,16)(H2,10,11,14);/q;+1. The maximum atomic E-state index is 11.8. The summed E-state index contributed by atoms with van der Waals surface area (Å²) in [5, 5.41) is 9.21.